The maximum atomic E-state index is 14.4. The molecule has 3 aromatic rings. The Hall–Kier alpha value is -2.67. The molecule has 1 aromatic heterocycles. The Kier molecular flexibility index (Phi) is 4.94. The van der Waals surface area contributed by atoms with Crippen LogP contribution < -0.4 is 0 Å². The van der Waals surface area contributed by atoms with E-state index >= 15 is 0 Å². The summed E-state index contributed by atoms with van der Waals surface area (Å²) < 4.78 is 21.5. The Balaban J connectivity index is 1.73. The first-order valence-electron chi connectivity index (χ1n) is 8.71. The number of thioether (sulfide) groups is 1. The molecule has 2 heterocycles. The molecule has 138 valence electrons. The molecule has 1 saturated heterocycles. The van der Waals surface area contributed by atoms with Crippen LogP contribution in [0.3, 0.4) is 0 Å². The largest absolute Gasteiger partial charge is 0.462 e. The van der Waals surface area contributed by atoms with Gasteiger partial charge in [-0.05, 0) is 24.6 Å². The van der Waals surface area contributed by atoms with Gasteiger partial charge in [0.1, 0.15) is 17.2 Å². The van der Waals surface area contributed by atoms with E-state index in [9.17, 15) is 9.18 Å². The standard InChI is InChI=1S/C20H18FN3O2S/c1-13-11-17(19(25)26-13)27-20-23-22-18(15-9-5-6-10-16(15)21)24(20)12-14-7-3-2-4-8-14/h2-10,13,17H,11-12H2,1H3. The molecule has 0 amide bonds. The Bertz CT molecular complexity index is 961. The van der Waals surface area contributed by atoms with Gasteiger partial charge in [-0.15, -0.1) is 10.2 Å². The molecule has 1 aliphatic heterocycles. The van der Waals surface area contributed by atoms with Crippen molar-refractivity contribution in [2.24, 2.45) is 0 Å². The molecule has 2 atom stereocenters. The number of carbonyl (C=O) groups is 1. The van der Waals surface area contributed by atoms with Crippen molar-refractivity contribution in [3.63, 3.8) is 0 Å². The Labute approximate surface area is 160 Å². The summed E-state index contributed by atoms with van der Waals surface area (Å²) in [7, 11) is 0. The van der Waals surface area contributed by atoms with E-state index < -0.39 is 0 Å². The predicted molar refractivity (Wildman–Crippen MR) is 101 cm³/mol. The van der Waals surface area contributed by atoms with Crippen molar-refractivity contribution in [2.45, 2.75) is 36.4 Å². The Morgan fingerprint density at radius 2 is 1.89 bits per heavy atom. The number of carbonyl (C=O) groups excluding carboxylic acids is 1. The first kappa shape index (κ1) is 17.7. The number of cyclic esters (lactones) is 1. The number of nitrogens with zero attached hydrogens (tertiary/aromatic N) is 3. The maximum Gasteiger partial charge on any atom is 0.319 e. The average Bonchev–Trinajstić information content (AvgIpc) is 3.19. The number of rotatable bonds is 5. The van der Waals surface area contributed by atoms with Crippen molar-refractivity contribution in [1.29, 1.82) is 0 Å². The summed E-state index contributed by atoms with van der Waals surface area (Å²) in [5.74, 6) is -0.155. The number of benzene rings is 2. The van der Waals surface area contributed by atoms with Gasteiger partial charge in [-0.25, -0.2) is 4.39 Å². The van der Waals surface area contributed by atoms with Gasteiger partial charge in [-0.2, -0.15) is 0 Å². The molecule has 0 N–H and O–H groups in total. The van der Waals surface area contributed by atoms with Gasteiger partial charge in [0, 0.05) is 6.42 Å². The zero-order valence-electron chi connectivity index (χ0n) is 14.7. The number of hydrogen-bond donors (Lipinski definition) is 0. The Morgan fingerprint density at radius 3 is 2.59 bits per heavy atom. The minimum atomic E-state index is -0.357. The molecule has 27 heavy (non-hydrogen) atoms. The summed E-state index contributed by atoms with van der Waals surface area (Å²) in [6, 6.07) is 16.3. The van der Waals surface area contributed by atoms with Crippen molar-refractivity contribution in [2.75, 3.05) is 0 Å². The van der Waals surface area contributed by atoms with Crippen LogP contribution >= 0.6 is 11.8 Å². The lowest BCUT2D eigenvalue weighted by atomic mass is 10.2. The second-order valence-electron chi connectivity index (χ2n) is 6.45. The van der Waals surface area contributed by atoms with E-state index in [2.05, 4.69) is 10.2 Å². The van der Waals surface area contributed by atoms with Crippen molar-refractivity contribution in [1.82, 2.24) is 14.8 Å². The third-order valence-corrected chi connectivity index (χ3v) is 5.57. The topological polar surface area (TPSA) is 57.0 Å². The SMILES string of the molecule is CC1CC(Sc2nnc(-c3ccccc3F)n2Cc2ccccc2)C(=O)O1. The van der Waals surface area contributed by atoms with Crippen molar-refractivity contribution >= 4 is 17.7 Å². The average molecular weight is 383 g/mol. The quantitative estimate of drug-likeness (QED) is 0.625. The summed E-state index contributed by atoms with van der Waals surface area (Å²) in [4.78, 5) is 12.0. The highest BCUT2D eigenvalue weighted by atomic mass is 32.2. The number of esters is 1. The molecule has 1 aliphatic rings. The molecular formula is C20H18FN3O2S. The summed E-state index contributed by atoms with van der Waals surface area (Å²) >= 11 is 1.32. The third kappa shape index (κ3) is 3.73. The van der Waals surface area contributed by atoms with E-state index in [0.717, 1.165) is 5.56 Å². The van der Waals surface area contributed by atoms with Crippen LogP contribution in [0.1, 0.15) is 18.9 Å². The fraction of sp³-hybridized carbons (Fsp3) is 0.250. The zero-order chi connectivity index (χ0) is 18.8. The molecule has 2 aromatic carbocycles. The van der Waals surface area contributed by atoms with E-state index in [1.807, 2.05) is 41.8 Å². The number of hydrogen-bond acceptors (Lipinski definition) is 5. The highest BCUT2D eigenvalue weighted by Gasteiger charge is 2.34. The van der Waals surface area contributed by atoms with Gasteiger partial charge in [-0.1, -0.05) is 54.2 Å². The lowest BCUT2D eigenvalue weighted by molar-refractivity contribution is -0.140. The van der Waals surface area contributed by atoms with Crippen LogP contribution in [-0.4, -0.2) is 32.1 Å². The molecule has 5 nitrogen and oxygen atoms in total. The first-order chi connectivity index (χ1) is 13.1. The highest BCUT2D eigenvalue weighted by Crippen LogP contribution is 2.34. The summed E-state index contributed by atoms with van der Waals surface area (Å²) in [5.41, 5.74) is 1.43. The van der Waals surface area contributed by atoms with Gasteiger partial charge in [0.2, 0.25) is 0 Å². The van der Waals surface area contributed by atoms with Crippen LogP contribution in [0.25, 0.3) is 11.4 Å². The zero-order valence-corrected chi connectivity index (χ0v) is 15.5. The van der Waals surface area contributed by atoms with Gasteiger partial charge < -0.3 is 4.74 Å². The molecular weight excluding hydrogens is 365 g/mol. The summed E-state index contributed by atoms with van der Waals surface area (Å²) in [5, 5.41) is 8.73. The predicted octanol–water partition coefficient (Wildman–Crippen LogP) is 3.93. The molecule has 1 fully saturated rings. The molecule has 0 spiro atoms. The summed E-state index contributed by atoms with van der Waals surface area (Å²) in [6.07, 6.45) is 0.517. The van der Waals surface area contributed by atoms with Crippen molar-refractivity contribution < 1.29 is 13.9 Å². The summed E-state index contributed by atoms with van der Waals surface area (Å²) in [6.45, 7) is 2.36. The van der Waals surface area contributed by atoms with Crippen LogP contribution in [0.15, 0.2) is 59.8 Å². The fourth-order valence-corrected chi connectivity index (χ4v) is 4.21. The van der Waals surface area contributed by atoms with E-state index in [4.69, 9.17) is 4.74 Å². The molecule has 0 bridgehead atoms. The molecule has 0 saturated carbocycles. The van der Waals surface area contributed by atoms with Crippen molar-refractivity contribution in [3.05, 3.63) is 66.0 Å². The van der Waals surface area contributed by atoms with Gasteiger partial charge in [0.05, 0.1) is 12.1 Å². The fourth-order valence-electron chi connectivity index (χ4n) is 3.07. The molecule has 2 unspecified atom stereocenters. The maximum absolute atomic E-state index is 14.4. The van der Waals surface area contributed by atoms with Crippen molar-refractivity contribution in [3.8, 4) is 11.4 Å². The van der Waals surface area contributed by atoms with E-state index in [-0.39, 0.29) is 23.1 Å². The van der Waals surface area contributed by atoms with Crippen LogP contribution in [0.5, 0.6) is 0 Å². The minimum absolute atomic E-state index is 0.105. The van der Waals surface area contributed by atoms with E-state index in [1.165, 1.54) is 17.8 Å². The van der Waals surface area contributed by atoms with Gasteiger partial charge >= 0.3 is 5.97 Å². The van der Waals surface area contributed by atoms with Crippen LogP contribution in [0, 0.1) is 5.82 Å². The first-order valence-corrected chi connectivity index (χ1v) is 9.59. The molecule has 0 aliphatic carbocycles. The highest BCUT2D eigenvalue weighted by molar-refractivity contribution is 8.00. The lowest BCUT2D eigenvalue weighted by Crippen LogP contribution is -2.12. The number of aromatic nitrogens is 3. The van der Waals surface area contributed by atoms with E-state index in [0.29, 0.717) is 29.5 Å². The molecule has 0 radical (unpaired) electrons. The minimum Gasteiger partial charge on any atom is -0.462 e. The molecule has 7 heteroatoms. The normalized spacial score (nSPS) is 19.3. The monoisotopic (exact) mass is 383 g/mol. The molecule has 4 rings (SSSR count). The second kappa shape index (κ2) is 7.52. The Morgan fingerprint density at radius 1 is 1.15 bits per heavy atom. The smallest absolute Gasteiger partial charge is 0.319 e. The second-order valence-corrected chi connectivity index (χ2v) is 7.62. The third-order valence-electron chi connectivity index (χ3n) is 4.39. The lowest BCUT2D eigenvalue weighted by Gasteiger charge is -2.12. The van der Waals surface area contributed by atoms with Crippen LogP contribution in [0.4, 0.5) is 4.39 Å². The number of ether oxygens (including phenoxy) is 1. The van der Waals surface area contributed by atoms with Gasteiger partial charge in [0.25, 0.3) is 0 Å². The van der Waals surface area contributed by atoms with Crippen LogP contribution in [-0.2, 0) is 16.1 Å². The van der Waals surface area contributed by atoms with Gasteiger partial charge in [0.15, 0.2) is 11.0 Å². The number of halogens is 1. The van der Waals surface area contributed by atoms with Crippen LogP contribution in [0.2, 0.25) is 0 Å². The van der Waals surface area contributed by atoms with E-state index in [1.54, 1.807) is 18.2 Å². The van der Waals surface area contributed by atoms with Gasteiger partial charge in [-0.3, -0.25) is 9.36 Å².